The second kappa shape index (κ2) is 9.14. The minimum absolute atomic E-state index is 0.235. The lowest BCUT2D eigenvalue weighted by Crippen LogP contribution is -2.51. The van der Waals surface area contributed by atoms with Gasteiger partial charge in [-0.25, -0.2) is 4.39 Å². The molecule has 37 heavy (non-hydrogen) atoms. The number of carboxylic acid groups (broad SMARTS) is 1. The standard InChI is InChI=1S/C29H21Cl2FN2O3/c30-21-7-3-1-6-19(21)28(35)34-23-8-4-2-5-18(23)20-15-24(29(36)37)33-14-13-22(31)25(27(33)26(20)34)16-9-11-17(32)12-10-16/h1-12,24,27H,13-15H2,(H,36,37)/t24-,27-/m0/s1. The number of fused-ring (bicyclic) bond motifs is 5. The first-order chi connectivity index (χ1) is 17.9. The summed E-state index contributed by atoms with van der Waals surface area (Å²) in [5.74, 6) is -1.64. The third-order valence-electron chi connectivity index (χ3n) is 7.31. The van der Waals surface area contributed by atoms with E-state index in [1.807, 2.05) is 29.2 Å². The molecular weight excluding hydrogens is 514 g/mol. The molecule has 3 heterocycles. The molecule has 186 valence electrons. The zero-order valence-corrected chi connectivity index (χ0v) is 21.0. The zero-order valence-electron chi connectivity index (χ0n) is 19.5. The SMILES string of the molecule is O=C(O)[C@@H]1Cc2c(n(C(=O)c3ccccc3Cl)c3ccccc23)[C@@H]2C(c3ccc(F)cc3)=C(Cl)CCN12. The smallest absolute Gasteiger partial charge is 0.321 e. The molecular formula is C29H21Cl2FN2O3. The molecule has 6 rings (SSSR count). The Balaban J connectivity index is 1.68. The molecule has 0 bridgehead atoms. The number of carbonyl (C=O) groups is 2. The van der Waals surface area contributed by atoms with Crippen LogP contribution in [0.1, 0.15) is 39.6 Å². The van der Waals surface area contributed by atoms with Crippen LogP contribution in [-0.4, -0.2) is 39.0 Å². The number of para-hydroxylation sites is 1. The van der Waals surface area contributed by atoms with Gasteiger partial charge in [0.05, 0.1) is 27.8 Å². The number of nitrogens with zero attached hydrogens (tertiary/aromatic N) is 2. The van der Waals surface area contributed by atoms with E-state index < -0.39 is 18.1 Å². The molecule has 4 aromatic rings. The number of rotatable bonds is 3. The van der Waals surface area contributed by atoms with Gasteiger partial charge in [-0.3, -0.25) is 19.1 Å². The van der Waals surface area contributed by atoms with E-state index in [1.54, 1.807) is 41.0 Å². The molecule has 0 fully saturated rings. The van der Waals surface area contributed by atoms with E-state index in [2.05, 4.69) is 0 Å². The molecule has 0 saturated carbocycles. The van der Waals surface area contributed by atoms with Crippen LogP contribution in [0.4, 0.5) is 4.39 Å². The largest absolute Gasteiger partial charge is 0.480 e. The van der Waals surface area contributed by atoms with Crippen LogP contribution in [0.2, 0.25) is 5.02 Å². The summed E-state index contributed by atoms with van der Waals surface area (Å²) in [4.78, 5) is 28.5. The molecule has 5 nitrogen and oxygen atoms in total. The van der Waals surface area contributed by atoms with Crippen molar-refractivity contribution in [2.75, 3.05) is 6.54 Å². The van der Waals surface area contributed by atoms with Gasteiger partial charge < -0.3 is 5.11 Å². The van der Waals surface area contributed by atoms with Crippen LogP contribution >= 0.6 is 23.2 Å². The third kappa shape index (κ3) is 3.79. The van der Waals surface area contributed by atoms with Crippen LogP contribution in [0.25, 0.3) is 16.5 Å². The average Bonchev–Trinajstić information content (AvgIpc) is 3.23. The minimum Gasteiger partial charge on any atom is -0.480 e. The number of halogens is 3. The van der Waals surface area contributed by atoms with E-state index >= 15 is 0 Å². The number of benzene rings is 3. The lowest BCUT2D eigenvalue weighted by Gasteiger charge is -2.45. The molecule has 1 aromatic heterocycles. The van der Waals surface area contributed by atoms with Crippen molar-refractivity contribution < 1.29 is 19.1 Å². The van der Waals surface area contributed by atoms with Crippen molar-refractivity contribution >= 4 is 51.6 Å². The summed E-state index contributed by atoms with van der Waals surface area (Å²) in [7, 11) is 0. The maximum absolute atomic E-state index is 14.1. The minimum atomic E-state index is -0.943. The molecule has 2 aliphatic heterocycles. The van der Waals surface area contributed by atoms with Crippen LogP contribution in [0.5, 0.6) is 0 Å². The van der Waals surface area contributed by atoms with Gasteiger partial charge in [0, 0.05) is 23.4 Å². The number of hydrogen-bond acceptors (Lipinski definition) is 3. The highest BCUT2D eigenvalue weighted by atomic mass is 35.5. The summed E-state index contributed by atoms with van der Waals surface area (Å²) < 4.78 is 15.5. The number of carbonyl (C=O) groups excluding carboxylic acids is 1. The quantitative estimate of drug-likeness (QED) is 0.324. The number of aromatic nitrogens is 1. The van der Waals surface area contributed by atoms with Crippen molar-refractivity contribution in [2.24, 2.45) is 0 Å². The molecule has 0 aliphatic carbocycles. The van der Waals surface area contributed by atoms with Crippen LogP contribution in [0, 0.1) is 5.82 Å². The summed E-state index contributed by atoms with van der Waals surface area (Å²) in [5.41, 5.74) is 3.82. The molecule has 0 spiro atoms. The molecule has 0 unspecified atom stereocenters. The second-order valence-corrected chi connectivity index (χ2v) is 10.1. The van der Waals surface area contributed by atoms with Gasteiger partial charge in [0.15, 0.2) is 0 Å². The maximum atomic E-state index is 14.1. The summed E-state index contributed by atoms with van der Waals surface area (Å²) >= 11 is 13.3. The number of aliphatic carboxylic acids is 1. The van der Waals surface area contributed by atoms with Crippen molar-refractivity contribution in [2.45, 2.75) is 24.9 Å². The highest BCUT2D eigenvalue weighted by molar-refractivity contribution is 6.34. The molecule has 8 heteroatoms. The molecule has 0 radical (unpaired) electrons. The Bertz CT molecular complexity index is 1610. The lowest BCUT2D eigenvalue weighted by atomic mass is 9.82. The van der Waals surface area contributed by atoms with Gasteiger partial charge in [-0.05, 0) is 53.5 Å². The monoisotopic (exact) mass is 534 g/mol. The Kier molecular flexibility index (Phi) is 5.91. The van der Waals surface area contributed by atoms with Crippen LogP contribution in [0.3, 0.4) is 0 Å². The Morgan fingerprint density at radius 3 is 2.38 bits per heavy atom. The van der Waals surface area contributed by atoms with Gasteiger partial charge in [-0.1, -0.05) is 65.7 Å². The average molecular weight is 535 g/mol. The van der Waals surface area contributed by atoms with Gasteiger partial charge in [-0.15, -0.1) is 0 Å². The highest BCUT2D eigenvalue weighted by Crippen LogP contribution is 2.50. The number of hydrogen-bond donors (Lipinski definition) is 1. The first-order valence-electron chi connectivity index (χ1n) is 11.9. The van der Waals surface area contributed by atoms with Gasteiger partial charge >= 0.3 is 5.97 Å². The summed E-state index contributed by atoms with van der Waals surface area (Å²) in [6.45, 7) is 0.409. The molecule has 1 N–H and O–H groups in total. The normalized spacial score (nSPS) is 19.5. The van der Waals surface area contributed by atoms with Gasteiger partial charge in [0.25, 0.3) is 5.91 Å². The molecule has 0 saturated heterocycles. The Morgan fingerprint density at radius 2 is 1.65 bits per heavy atom. The molecule has 2 atom stereocenters. The van der Waals surface area contributed by atoms with E-state index in [0.717, 1.165) is 10.9 Å². The van der Waals surface area contributed by atoms with Crippen molar-refractivity contribution in [1.29, 1.82) is 0 Å². The Morgan fingerprint density at radius 1 is 0.946 bits per heavy atom. The topological polar surface area (TPSA) is 62.5 Å². The highest BCUT2D eigenvalue weighted by Gasteiger charge is 2.46. The molecule has 0 amide bonds. The fourth-order valence-electron chi connectivity index (χ4n) is 5.72. The van der Waals surface area contributed by atoms with Crippen molar-refractivity contribution in [3.63, 3.8) is 0 Å². The first-order valence-corrected chi connectivity index (χ1v) is 12.7. The first kappa shape index (κ1) is 23.9. The lowest BCUT2D eigenvalue weighted by molar-refractivity contribution is -0.144. The van der Waals surface area contributed by atoms with Crippen molar-refractivity contribution in [1.82, 2.24) is 9.47 Å². The second-order valence-electron chi connectivity index (χ2n) is 9.28. The van der Waals surface area contributed by atoms with Crippen molar-refractivity contribution in [3.8, 4) is 0 Å². The summed E-state index contributed by atoms with van der Waals surface area (Å²) in [6, 6.07) is 18.9. The predicted molar refractivity (Wildman–Crippen MR) is 141 cm³/mol. The van der Waals surface area contributed by atoms with Crippen LogP contribution < -0.4 is 0 Å². The van der Waals surface area contributed by atoms with E-state index in [-0.39, 0.29) is 18.1 Å². The summed E-state index contributed by atoms with van der Waals surface area (Å²) in [6.07, 6.45) is 0.682. The summed E-state index contributed by atoms with van der Waals surface area (Å²) in [5, 5.41) is 11.9. The van der Waals surface area contributed by atoms with Crippen LogP contribution in [-0.2, 0) is 11.2 Å². The maximum Gasteiger partial charge on any atom is 0.321 e. The van der Waals surface area contributed by atoms with Crippen LogP contribution in [0.15, 0.2) is 77.8 Å². The van der Waals surface area contributed by atoms with Gasteiger partial charge in [0.2, 0.25) is 0 Å². The fraction of sp³-hybridized carbons (Fsp3) is 0.172. The van der Waals surface area contributed by atoms with E-state index in [1.165, 1.54) is 12.1 Å². The van der Waals surface area contributed by atoms with E-state index in [9.17, 15) is 19.1 Å². The van der Waals surface area contributed by atoms with Crippen molar-refractivity contribution in [3.05, 3.63) is 111 Å². The molecule has 2 aliphatic rings. The number of carboxylic acids is 1. The molecule has 3 aromatic carbocycles. The van der Waals surface area contributed by atoms with E-state index in [0.29, 0.717) is 50.9 Å². The third-order valence-corrected chi connectivity index (χ3v) is 8.03. The fourth-order valence-corrected chi connectivity index (χ4v) is 6.23. The predicted octanol–water partition coefficient (Wildman–Crippen LogP) is 6.53. The van der Waals surface area contributed by atoms with E-state index in [4.69, 9.17) is 23.2 Å². The van der Waals surface area contributed by atoms with Gasteiger partial charge in [0.1, 0.15) is 11.9 Å². The Hall–Kier alpha value is -3.45. The van der Waals surface area contributed by atoms with Gasteiger partial charge in [-0.2, -0.15) is 0 Å². The zero-order chi connectivity index (χ0) is 25.8. The Labute approximate surface area is 222 Å².